The third kappa shape index (κ3) is 4.23. The van der Waals surface area contributed by atoms with Crippen molar-refractivity contribution >= 4 is 30.7 Å². The van der Waals surface area contributed by atoms with Crippen LogP contribution in [0.1, 0.15) is 18.5 Å². The number of carbonyl (C=O) groups excluding carboxylic acids is 1. The molecule has 1 aliphatic rings. The Hall–Kier alpha value is -1.70. The third-order valence-electron chi connectivity index (χ3n) is 4.02. The summed E-state index contributed by atoms with van der Waals surface area (Å²) in [6, 6.07) is 4.72. The van der Waals surface area contributed by atoms with Gasteiger partial charge in [-0.2, -0.15) is 5.10 Å². The molecule has 3 heterocycles. The maximum Gasteiger partial charge on any atom is 0.248 e. The average molecular weight is 376 g/mol. The van der Waals surface area contributed by atoms with E-state index in [0.717, 1.165) is 19.3 Å². The minimum Gasteiger partial charge on any atom is -0.348 e. The van der Waals surface area contributed by atoms with Crippen molar-refractivity contribution in [2.24, 2.45) is 0 Å². The number of amides is 1. The van der Waals surface area contributed by atoms with Gasteiger partial charge in [0.15, 0.2) is 0 Å². The van der Waals surface area contributed by atoms with Gasteiger partial charge >= 0.3 is 0 Å². The monoisotopic (exact) mass is 375 g/mol. The van der Waals surface area contributed by atoms with E-state index < -0.39 is 5.54 Å². The Kier molecular flexibility index (Phi) is 7.59. The summed E-state index contributed by atoms with van der Waals surface area (Å²) < 4.78 is 14.6. The first-order valence-corrected chi connectivity index (χ1v) is 7.30. The fourth-order valence-corrected chi connectivity index (χ4v) is 2.77. The van der Waals surface area contributed by atoms with Crippen molar-refractivity contribution in [2.45, 2.75) is 24.9 Å². The van der Waals surface area contributed by atoms with Crippen LogP contribution in [-0.2, 0) is 16.9 Å². The molecule has 0 atom stereocenters. The lowest BCUT2D eigenvalue weighted by molar-refractivity contribution is -0.132. The van der Waals surface area contributed by atoms with Crippen molar-refractivity contribution in [3.05, 3.63) is 48.3 Å². The second-order valence-electron chi connectivity index (χ2n) is 5.38. The Morgan fingerprint density at radius 3 is 2.67 bits per heavy atom. The highest BCUT2D eigenvalue weighted by atomic mass is 35.5. The van der Waals surface area contributed by atoms with Crippen LogP contribution in [0.2, 0.25) is 0 Å². The molecule has 1 saturated heterocycles. The number of nitrogens with one attached hydrogen (secondary N) is 2. The molecule has 0 spiro atoms. The zero-order chi connectivity index (χ0) is 15.4. The second-order valence-corrected chi connectivity index (χ2v) is 5.38. The van der Waals surface area contributed by atoms with Gasteiger partial charge in [0.1, 0.15) is 11.4 Å². The molecule has 2 aromatic rings. The molecule has 6 nitrogen and oxygen atoms in total. The predicted molar refractivity (Wildman–Crippen MR) is 92.8 cm³/mol. The molecule has 0 aliphatic carbocycles. The lowest BCUT2D eigenvalue weighted by atomic mass is 9.87. The van der Waals surface area contributed by atoms with E-state index in [-0.39, 0.29) is 43.1 Å². The van der Waals surface area contributed by atoms with Crippen LogP contribution in [0.15, 0.2) is 36.8 Å². The molecular formula is C15H20Cl2FN5O. The first-order chi connectivity index (χ1) is 10.7. The minimum absolute atomic E-state index is 0. The quantitative estimate of drug-likeness (QED) is 0.852. The van der Waals surface area contributed by atoms with Gasteiger partial charge in [-0.3, -0.25) is 14.5 Å². The van der Waals surface area contributed by atoms with Crippen LogP contribution < -0.4 is 10.6 Å². The summed E-state index contributed by atoms with van der Waals surface area (Å²) in [5.41, 5.74) is -0.0475. The highest BCUT2D eigenvalue weighted by Gasteiger charge is 2.41. The summed E-state index contributed by atoms with van der Waals surface area (Å²) >= 11 is 0. The zero-order valence-corrected chi connectivity index (χ0v) is 14.6. The molecule has 1 amide bonds. The smallest absolute Gasteiger partial charge is 0.248 e. The van der Waals surface area contributed by atoms with Crippen LogP contribution in [0.4, 0.5) is 4.39 Å². The Balaban J connectivity index is 0.00000144. The number of carbonyl (C=O) groups is 1. The number of pyridine rings is 1. The van der Waals surface area contributed by atoms with Gasteiger partial charge in [-0.25, -0.2) is 4.39 Å². The Labute approximate surface area is 152 Å². The van der Waals surface area contributed by atoms with Gasteiger partial charge in [-0.15, -0.1) is 24.8 Å². The molecule has 1 fully saturated rings. The third-order valence-corrected chi connectivity index (χ3v) is 4.02. The van der Waals surface area contributed by atoms with E-state index in [0.29, 0.717) is 18.5 Å². The van der Waals surface area contributed by atoms with Gasteiger partial charge in [0.25, 0.3) is 0 Å². The molecule has 24 heavy (non-hydrogen) atoms. The highest BCUT2D eigenvalue weighted by molar-refractivity contribution is 5.85. The van der Waals surface area contributed by atoms with E-state index >= 15 is 0 Å². The molecule has 0 saturated carbocycles. The van der Waals surface area contributed by atoms with Crippen LogP contribution in [0.5, 0.6) is 0 Å². The molecule has 2 aromatic heterocycles. The number of halogens is 3. The van der Waals surface area contributed by atoms with Gasteiger partial charge in [0.2, 0.25) is 5.91 Å². The van der Waals surface area contributed by atoms with Crippen LogP contribution in [0.25, 0.3) is 0 Å². The van der Waals surface area contributed by atoms with Crippen molar-refractivity contribution in [3.8, 4) is 0 Å². The van der Waals surface area contributed by atoms with E-state index in [4.69, 9.17) is 0 Å². The molecule has 0 bridgehead atoms. The molecular weight excluding hydrogens is 356 g/mol. The molecule has 3 rings (SSSR count). The van der Waals surface area contributed by atoms with Gasteiger partial charge in [0, 0.05) is 12.4 Å². The fraction of sp³-hybridized carbons (Fsp3) is 0.400. The van der Waals surface area contributed by atoms with Crippen LogP contribution in [0, 0.1) is 5.82 Å². The minimum atomic E-state index is -0.672. The Morgan fingerprint density at radius 1 is 1.33 bits per heavy atom. The summed E-state index contributed by atoms with van der Waals surface area (Å²) in [6.45, 7) is 1.81. The number of rotatable bonds is 4. The predicted octanol–water partition coefficient (Wildman–Crippen LogP) is 1.66. The number of hydrogen-bond acceptors (Lipinski definition) is 4. The van der Waals surface area contributed by atoms with Crippen molar-refractivity contribution < 1.29 is 9.18 Å². The first kappa shape index (κ1) is 20.3. The van der Waals surface area contributed by atoms with Gasteiger partial charge in [0.05, 0.1) is 18.4 Å². The maximum absolute atomic E-state index is 12.9. The van der Waals surface area contributed by atoms with Crippen LogP contribution in [0.3, 0.4) is 0 Å². The van der Waals surface area contributed by atoms with E-state index in [9.17, 15) is 9.18 Å². The summed E-state index contributed by atoms with van der Waals surface area (Å²) in [7, 11) is 0. The largest absolute Gasteiger partial charge is 0.348 e. The lowest BCUT2D eigenvalue weighted by Gasteiger charge is -2.36. The van der Waals surface area contributed by atoms with Crippen molar-refractivity contribution in [3.63, 3.8) is 0 Å². The standard InChI is InChI=1S/C15H18FN5O.2ClH/c16-12-2-3-13(18-10-12)11-19-14(22)15(4-7-17-8-5-15)21-9-1-6-20-21;;/h1-3,6,9-10,17H,4-5,7-8,11H2,(H,19,22);2*1H. The average Bonchev–Trinajstić information content (AvgIpc) is 3.09. The molecule has 132 valence electrons. The molecule has 0 radical (unpaired) electrons. The lowest BCUT2D eigenvalue weighted by Crippen LogP contribution is -2.54. The number of hydrogen-bond donors (Lipinski definition) is 2. The topological polar surface area (TPSA) is 71.8 Å². The number of piperidine rings is 1. The van der Waals surface area contributed by atoms with Gasteiger partial charge in [-0.1, -0.05) is 0 Å². The molecule has 0 aromatic carbocycles. The highest BCUT2D eigenvalue weighted by Crippen LogP contribution is 2.27. The second kappa shape index (κ2) is 8.96. The summed E-state index contributed by atoms with van der Waals surface area (Å²) in [6.07, 6.45) is 6.00. The van der Waals surface area contributed by atoms with Gasteiger partial charge < -0.3 is 10.6 Å². The Bertz CT molecular complexity index is 630. The van der Waals surface area contributed by atoms with Crippen molar-refractivity contribution in [2.75, 3.05) is 13.1 Å². The Morgan fingerprint density at radius 2 is 2.08 bits per heavy atom. The summed E-state index contributed by atoms with van der Waals surface area (Å²) in [5, 5.41) is 10.4. The van der Waals surface area contributed by atoms with Crippen LogP contribution in [-0.4, -0.2) is 33.8 Å². The zero-order valence-electron chi connectivity index (χ0n) is 12.9. The number of aromatic nitrogens is 3. The van der Waals surface area contributed by atoms with E-state index in [1.165, 1.54) is 6.07 Å². The van der Waals surface area contributed by atoms with E-state index in [1.54, 1.807) is 16.9 Å². The summed E-state index contributed by atoms with van der Waals surface area (Å²) in [5.74, 6) is -0.467. The van der Waals surface area contributed by atoms with E-state index in [2.05, 4.69) is 20.7 Å². The molecule has 2 N–H and O–H groups in total. The summed E-state index contributed by atoms with van der Waals surface area (Å²) in [4.78, 5) is 16.7. The van der Waals surface area contributed by atoms with E-state index in [1.807, 2.05) is 12.3 Å². The van der Waals surface area contributed by atoms with Crippen molar-refractivity contribution in [1.29, 1.82) is 0 Å². The molecule has 0 unspecified atom stereocenters. The van der Waals surface area contributed by atoms with Crippen LogP contribution >= 0.6 is 24.8 Å². The van der Waals surface area contributed by atoms with Gasteiger partial charge in [-0.05, 0) is 44.1 Å². The maximum atomic E-state index is 12.9. The molecule has 9 heteroatoms. The fourth-order valence-electron chi connectivity index (χ4n) is 2.77. The first-order valence-electron chi connectivity index (χ1n) is 7.30. The normalized spacial score (nSPS) is 15.7. The molecule has 1 aliphatic heterocycles. The van der Waals surface area contributed by atoms with Crippen molar-refractivity contribution in [1.82, 2.24) is 25.4 Å². The number of nitrogens with zero attached hydrogens (tertiary/aromatic N) is 3. The SMILES string of the molecule is Cl.Cl.O=C(NCc1ccc(F)cn1)C1(n2cccn2)CCNCC1.